The second kappa shape index (κ2) is 8.85. The molecule has 1 saturated heterocycles. The number of carbonyl (C=O) groups is 3. The van der Waals surface area contributed by atoms with Gasteiger partial charge in [0.2, 0.25) is 0 Å². The average Bonchev–Trinajstić information content (AvgIpc) is 2.77. The molecule has 0 spiro atoms. The lowest BCUT2D eigenvalue weighted by Gasteiger charge is -2.26. The molecule has 3 aromatic rings. The smallest absolute Gasteiger partial charge is 0.335 e. The van der Waals surface area contributed by atoms with Crippen molar-refractivity contribution in [1.29, 1.82) is 0 Å². The van der Waals surface area contributed by atoms with Crippen LogP contribution in [0.1, 0.15) is 11.1 Å². The molecule has 1 N–H and O–H groups in total. The van der Waals surface area contributed by atoms with Crippen LogP contribution in [0.25, 0.3) is 6.08 Å². The molecule has 31 heavy (non-hydrogen) atoms. The topological polar surface area (TPSA) is 75.7 Å². The maximum atomic E-state index is 12.8. The summed E-state index contributed by atoms with van der Waals surface area (Å²) in [6, 6.07) is 22.0. The van der Waals surface area contributed by atoms with Crippen LogP contribution in [0.2, 0.25) is 5.02 Å². The minimum absolute atomic E-state index is 0.131. The highest BCUT2D eigenvalue weighted by Crippen LogP contribution is 2.23. The van der Waals surface area contributed by atoms with Gasteiger partial charge in [-0.05, 0) is 42.0 Å². The van der Waals surface area contributed by atoms with Gasteiger partial charge in [0.1, 0.15) is 17.9 Å². The summed E-state index contributed by atoms with van der Waals surface area (Å²) in [6.45, 7) is 0.315. The van der Waals surface area contributed by atoms with Crippen LogP contribution in [0.3, 0.4) is 0 Å². The molecule has 3 aromatic carbocycles. The van der Waals surface area contributed by atoms with Gasteiger partial charge in [0.25, 0.3) is 11.8 Å². The first-order valence-corrected chi connectivity index (χ1v) is 9.83. The fourth-order valence-electron chi connectivity index (χ4n) is 3.07. The summed E-state index contributed by atoms with van der Waals surface area (Å²) < 4.78 is 5.74. The predicted molar refractivity (Wildman–Crippen MR) is 118 cm³/mol. The molecule has 0 aromatic heterocycles. The fourth-order valence-corrected chi connectivity index (χ4v) is 3.26. The van der Waals surface area contributed by atoms with Crippen LogP contribution in [0, 0.1) is 0 Å². The van der Waals surface area contributed by atoms with Crippen LogP contribution in [0.5, 0.6) is 5.75 Å². The second-order valence-electron chi connectivity index (χ2n) is 6.74. The third kappa shape index (κ3) is 4.49. The van der Waals surface area contributed by atoms with Gasteiger partial charge in [-0.3, -0.25) is 14.9 Å². The number of benzene rings is 3. The number of urea groups is 1. The summed E-state index contributed by atoms with van der Waals surface area (Å²) in [5, 5.41) is 2.83. The van der Waals surface area contributed by atoms with Crippen molar-refractivity contribution in [1.82, 2.24) is 5.32 Å². The molecule has 1 heterocycles. The lowest BCUT2D eigenvalue weighted by molar-refractivity contribution is -0.122. The molecular formula is C24H17ClN2O4. The normalized spacial score (nSPS) is 15.2. The van der Waals surface area contributed by atoms with Crippen molar-refractivity contribution in [3.63, 3.8) is 0 Å². The van der Waals surface area contributed by atoms with Crippen molar-refractivity contribution in [3.05, 3.63) is 101 Å². The van der Waals surface area contributed by atoms with E-state index in [-0.39, 0.29) is 5.57 Å². The third-order valence-corrected chi connectivity index (χ3v) is 5.03. The first-order valence-electron chi connectivity index (χ1n) is 9.46. The Morgan fingerprint density at radius 2 is 1.55 bits per heavy atom. The molecule has 0 radical (unpaired) electrons. The van der Waals surface area contributed by atoms with Gasteiger partial charge < -0.3 is 4.74 Å². The maximum Gasteiger partial charge on any atom is 0.335 e. The lowest BCUT2D eigenvalue weighted by Crippen LogP contribution is -2.54. The molecular weight excluding hydrogens is 416 g/mol. The Labute approximate surface area is 183 Å². The summed E-state index contributed by atoms with van der Waals surface area (Å²) in [7, 11) is 0. The molecule has 4 amide bonds. The Hall–Kier alpha value is -3.90. The second-order valence-corrected chi connectivity index (χ2v) is 7.15. The Morgan fingerprint density at radius 1 is 0.871 bits per heavy atom. The summed E-state index contributed by atoms with van der Waals surface area (Å²) in [6.07, 6.45) is 1.44. The van der Waals surface area contributed by atoms with Crippen molar-refractivity contribution >= 4 is 41.2 Å². The summed E-state index contributed by atoms with van der Waals surface area (Å²) in [5.41, 5.74) is 1.73. The number of hydrogen-bond donors (Lipinski definition) is 1. The van der Waals surface area contributed by atoms with Crippen molar-refractivity contribution in [3.8, 4) is 5.75 Å². The van der Waals surface area contributed by atoms with E-state index in [4.69, 9.17) is 16.3 Å². The quantitative estimate of drug-likeness (QED) is 0.472. The Balaban J connectivity index is 1.52. The number of barbiturate groups is 1. The van der Waals surface area contributed by atoms with E-state index in [2.05, 4.69) is 5.32 Å². The van der Waals surface area contributed by atoms with E-state index < -0.39 is 17.8 Å². The number of nitrogens with one attached hydrogen (secondary N) is 1. The van der Waals surface area contributed by atoms with Gasteiger partial charge in [0, 0.05) is 10.6 Å². The Kier molecular flexibility index (Phi) is 5.82. The van der Waals surface area contributed by atoms with Crippen LogP contribution >= 0.6 is 11.6 Å². The van der Waals surface area contributed by atoms with Gasteiger partial charge in [0.15, 0.2) is 0 Å². The number of hydrogen-bond acceptors (Lipinski definition) is 4. The average molecular weight is 433 g/mol. The van der Waals surface area contributed by atoms with E-state index >= 15 is 0 Å². The van der Waals surface area contributed by atoms with Crippen LogP contribution in [-0.2, 0) is 16.2 Å². The standard InChI is InChI=1S/C24H17ClN2O4/c25-21-9-5-4-6-17(21)15-31-19-12-10-16(11-13-19)14-20-22(28)26-24(30)27(23(20)29)18-7-2-1-3-8-18/h1-14H,15H2,(H,26,28,30)/b20-14-. The van der Waals surface area contributed by atoms with Gasteiger partial charge in [-0.25, -0.2) is 9.69 Å². The van der Waals surface area contributed by atoms with Gasteiger partial charge in [0.05, 0.1) is 5.69 Å². The zero-order chi connectivity index (χ0) is 21.8. The van der Waals surface area contributed by atoms with Crippen molar-refractivity contribution in [2.24, 2.45) is 0 Å². The summed E-state index contributed by atoms with van der Waals surface area (Å²) in [5.74, 6) is -0.803. The van der Waals surface area contributed by atoms with Gasteiger partial charge >= 0.3 is 6.03 Å². The van der Waals surface area contributed by atoms with Crippen LogP contribution in [-0.4, -0.2) is 17.8 Å². The molecule has 0 aliphatic carbocycles. The largest absolute Gasteiger partial charge is 0.489 e. The van der Waals surface area contributed by atoms with Gasteiger partial charge in [-0.1, -0.05) is 60.1 Å². The maximum absolute atomic E-state index is 12.8. The number of nitrogens with zero attached hydrogens (tertiary/aromatic N) is 1. The zero-order valence-electron chi connectivity index (χ0n) is 16.2. The summed E-state index contributed by atoms with van der Waals surface area (Å²) in [4.78, 5) is 38.2. The predicted octanol–water partition coefficient (Wildman–Crippen LogP) is 4.59. The number of ether oxygens (including phenoxy) is 1. The SMILES string of the molecule is O=C1NC(=O)N(c2ccccc2)C(=O)/C1=C\c1ccc(OCc2ccccc2Cl)cc1. The number of para-hydroxylation sites is 1. The third-order valence-electron chi connectivity index (χ3n) is 4.66. The molecule has 1 aliphatic heterocycles. The highest BCUT2D eigenvalue weighted by molar-refractivity contribution is 6.39. The minimum Gasteiger partial charge on any atom is -0.489 e. The Morgan fingerprint density at radius 3 is 2.26 bits per heavy atom. The Bertz CT molecular complexity index is 1170. The number of carbonyl (C=O) groups excluding carboxylic acids is 3. The number of amides is 4. The van der Waals surface area contributed by atoms with Crippen molar-refractivity contribution < 1.29 is 19.1 Å². The molecule has 154 valence electrons. The van der Waals surface area contributed by atoms with Crippen LogP contribution in [0.15, 0.2) is 84.4 Å². The molecule has 0 unspecified atom stereocenters. The van der Waals surface area contributed by atoms with Gasteiger partial charge in [-0.15, -0.1) is 0 Å². The number of imide groups is 2. The lowest BCUT2D eigenvalue weighted by atomic mass is 10.1. The molecule has 1 aliphatic rings. The highest BCUT2D eigenvalue weighted by Gasteiger charge is 2.36. The molecule has 1 fully saturated rings. The van der Waals surface area contributed by atoms with Crippen molar-refractivity contribution in [2.45, 2.75) is 6.61 Å². The van der Waals surface area contributed by atoms with E-state index in [1.807, 2.05) is 18.2 Å². The number of rotatable bonds is 5. The van der Waals surface area contributed by atoms with Crippen molar-refractivity contribution in [2.75, 3.05) is 4.90 Å². The molecule has 7 heteroatoms. The van der Waals surface area contributed by atoms with Crippen LogP contribution < -0.4 is 15.0 Å². The molecule has 0 atom stereocenters. The number of anilines is 1. The van der Waals surface area contributed by atoms with E-state index in [1.165, 1.54) is 6.08 Å². The van der Waals surface area contributed by atoms with Crippen LogP contribution in [0.4, 0.5) is 10.5 Å². The first kappa shape index (κ1) is 20.4. The van der Waals surface area contributed by atoms with Gasteiger partial charge in [-0.2, -0.15) is 0 Å². The fraction of sp³-hybridized carbons (Fsp3) is 0.0417. The number of halogens is 1. The molecule has 0 bridgehead atoms. The van der Waals surface area contributed by atoms with E-state index in [0.29, 0.717) is 28.6 Å². The molecule has 4 rings (SSSR count). The highest BCUT2D eigenvalue weighted by atomic mass is 35.5. The minimum atomic E-state index is -0.776. The molecule has 0 saturated carbocycles. The molecule has 6 nitrogen and oxygen atoms in total. The summed E-state index contributed by atoms with van der Waals surface area (Å²) >= 11 is 6.13. The first-order chi connectivity index (χ1) is 15.0. The van der Waals surface area contributed by atoms with E-state index in [0.717, 1.165) is 10.5 Å². The zero-order valence-corrected chi connectivity index (χ0v) is 17.0. The monoisotopic (exact) mass is 432 g/mol. The van der Waals surface area contributed by atoms with E-state index in [1.54, 1.807) is 60.7 Å². The van der Waals surface area contributed by atoms with E-state index in [9.17, 15) is 14.4 Å².